The summed E-state index contributed by atoms with van der Waals surface area (Å²) in [7, 11) is 0. The third kappa shape index (κ3) is 4.35. The molecular formula is C23H22N4O2S. The largest absolute Gasteiger partial charge is 0.336 e. The van der Waals surface area contributed by atoms with E-state index >= 15 is 0 Å². The third-order valence-corrected chi connectivity index (χ3v) is 6.20. The third-order valence-electron chi connectivity index (χ3n) is 5.37. The zero-order valence-corrected chi connectivity index (χ0v) is 17.3. The fraction of sp³-hybridized carbons (Fsp3) is 0.261. The first kappa shape index (κ1) is 20.1. The number of hydrogen-bond donors (Lipinski definition) is 1. The molecule has 0 aliphatic carbocycles. The molecule has 152 valence electrons. The molecular weight excluding hydrogens is 396 g/mol. The summed E-state index contributed by atoms with van der Waals surface area (Å²) in [6.45, 7) is 3.41. The van der Waals surface area contributed by atoms with E-state index in [0.29, 0.717) is 36.6 Å². The van der Waals surface area contributed by atoms with Crippen LogP contribution in [0.1, 0.15) is 22.3 Å². The molecule has 0 radical (unpaired) electrons. The summed E-state index contributed by atoms with van der Waals surface area (Å²) in [5, 5.41) is 16.3. The van der Waals surface area contributed by atoms with Crippen LogP contribution < -0.4 is 5.32 Å². The number of nitrogens with zero attached hydrogens (tertiary/aromatic N) is 3. The summed E-state index contributed by atoms with van der Waals surface area (Å²) in [5.41, 5.74) is 1.24. The second-order valence-electron chi connectivity index (χ2n) is 7.23. The van der Waals surface area contributed by atoms with Gasteiger partial charge in [0.1, 0.15) is 11.1 Å². The second-order valence-corrected chi connectivity index (χ2v) is 8.15. The van der Waals surface area contributed by atoms with Gasteiger partial charge in [0.05, 0.1) is 5.56 Å². The minimum atomic E-state index is -0.0942. The van der Waals surface area contributed by atoms with Gasteiger partial charge in [-0.15, -0.1) is 11.3 Å². The summed E-state index contributed by atoms with van der Waals surface area (Å²) in [6, 6.07) is 17.6. The maximum Gasteiger partial charge on any atom is 0.254 e. The SMILES string of the molecule is N#Cc1ccsc1NC(=O)CCN1CCN(C(=O)c2cccc3ccccc23)CC1. The van der Waals surface area contributed by atoms with Crippen LogP contribution in [0.3, 0.4) is 0 Å². The highest BCUT2D eigenvalue weighted by Crippen LogP contribution is 2.23. The zero-order chi connectivity index (χ0) is 20.9. The molecule has 0 unspecified atom stereocenters. The Kier molecular flexibility index (Phi) is 6.07. The van der Waals surface area contributed by atoms with Crippen LogP contribution in [0.2, 0.25) is 0 Å². The van der Waals surface area contributed by atoms with Gasteiger partial charge < -0.3 is 10.2 Å². The van der Waals surface area contributed by atoms with Crippen LogP contribution in [-0.2, 0) is 4.79 Å². The summed E-state index contributed by atoms with van der Waals surface area (Å²) in [5.74, 6) is -0.0332. The summed E-state index contributed by atoms with van der Waals surface area (Å²) in [4.78, 5) is 29.3. The Morgan fingerprint density at radius 1 is 1.03 bits per heavy atom. The van der Waals surface area contributed by atoms with Crippen LogP contribution in [0.15, 0.2) is 53.9 Å². The predicted molar refractivity (Wildman–Crippen MR) is 119 cm³/mol. The number of nitriles is 1. The van der Waals surface area contributed by atoms with Gasteiger partial charge in [0.25, 0.3) is 5.91 Å². The van der Waals surface area contributed by atoms with Crippen molar-refractivity contribution in [1.82, 2.24) is 9.80 Å². The molecule has 2 heterocycles. The van der Waals surface area contributed by atoms with Crippen LogP contribution in [0.4, 0.5) is 5.00 Å². The van der Waals surface area contributed by atoms with E-state index in [1.54, 1.807) is 11.4 Å². The van der Waals surface area contributed by atoms with Crippen LogP contribution >= 0.6 is 11.3 Å². The van der Waals surface area contributed by atoms with E-state index in [-0.39, 0.29) is 11.8 Å². The lowest BCUT2D eigenvalue weighted by atomic mass is 10.0. The highest BCUT2D eigenvalue weighted by Gasteiger charge is 2.23. The molecule has 2 aromatic carbocycles. The first-order chi connectivity index (χ1) is 14.7. The maximum atomic E-state index is 13.0. The van der Waals surface area contributed by atoms with Crippen molar-refractivity contribution in [3.8, 4) is 6.07 Å². The Labute approximate surface area is 179 Å². The molecule has 1 aliphatic rings. The summed E-state index contributed by atoms with van der Waals surface area (Å²) in [6.07, 6.45) is 0.361. The van der Waals surface area contributed by atoms with Gasteiger partial charge in [0.2, 0.25) is 5.91 Å². The number of hydrogen-bond acceptors (Lipinski definition) is 5. The number of anilines is 1. The van der Waals surface area contributed by atoms with E-state index in [9.17, 15) is 9.59 Å². The lowest BCUT2D eigenvalue weighted by Crippen LogP contribution is -2.49. The number of benzene rings is 2. The van der Waals surface area contributed by atoms with Gasteiger partial charge in [-0.05, 0) is 28.3 Å². The topological polar surface area (TPSA) is 76.4 Å². The highest BCUT2D eigenvalue weighted by molar-refractivity contribution is 7.14. The van der Waals surface area contributed by atoms with Crippen molar-refractivity contribution < 1.29 is 9.59 Å². The van der Waals surface area contributed by atoms with Crippen molar-refractivity contribution in [2.45, 2.75) is 6.42 Å². The minimum Gasteiger partial charge on any atom is -0.336 e. The molecule has 30 heavy (non-hydrogen) atoms. The Balaban J connectivity index is 1.29. The number of thiophene rings is 1. The van der Waals surface area contributed by atoms with Crippen LogP contribution in [0.25, 0.3) is 10.8 Å². The minimum absolute atomic E-state index is 0.0610. The van der Waals surface area contributed by atoms with Crippen molar-refractivity contribution in [2.24, 2.45) is 0 Å². The first-order valence-corrected chi connectivity index (χ1v) is 10.8. The van der Waals surface area contributed by atoms with Crippen LogP contribution in [-0.4, -0.2) is 54.3 Å². The van der Waals surface area contributed by atoms with Gasteiger partial charge >= 0.3 is 0 Å². The lowest BCUT2D eigenvalue weighted by molar-refractivity contribution is -0.116. The fourth-order valence-electron chi connectivity index (χ4n) is 3.70. The Bertz CT molecular complexity index is 1100. The molecule has 3 aromatic rings. The molecule has 1 N–H and O–H groups in total. The van der Waals surface area contributed by atoms with Crippen molar-refractivity contribution in [3.05, 3.63) is 65.0 Å². The van der Waals surface area contributed by atoms with E-state index in [1.807, 2.05) is 47.4 Å². The fourth-order valence-corrected chi connectivity index (χ4v) is 4.45. The average molecular weight is 419 g/mol. The molecule has 0 atom stereocenters. The molecule has 0 saturated carbocycles. The molecule has 2 amide bonds. The van der Waals surface area contributed by atoms with Gasteiger partial charge in [-0.2, -0.15) is 5.26 Å². The maximum absolute atomic E-state index is 13.0. The molecule has 1 saturated heterocycles. The molecule has 4 rings (SSSR count). The lowest BCUT2D eigenvalue weighted by Gasteiger charge is -2.34. The van der Waals surface area contributed by atoms with Crippen molar-refractivity contribution in [2.75, 3.05) is 38.0 Å². The van der Waals surface area contributed by atoms with Gasteiger partial charge in [0.15, 0.2) is 0 Å². The Morgan fingerprint density at radius 3 is 2.60 bits per heavy atom. The number of carbonyl (C=O) groups excluding carboxylic acids is 2. The van der Waals surface area contributed by atoms with Gasteiger partial charge in [0, 0.05) is 44.7 Å². The molecule has 1 aromatic heterocycles. The number of fused-ring (bicyclic) bond motifs is 1. The Morgan fingerprint density at radius 2 is 1.80 bits per heavy atom. The summed E-state index contributed by atoms with van der Waals surface area (Å²) >= 11 is 1.35. The number of carbonyl (C=O) groups is 2. The Hall–Kier alpha value is -3.21. The standard InChI is InChI=1S/C23H22N4O2S/c24-16-18-9-15-30-22(18)25-21(28)8-10-26-11-13-27(14-12-26)23(29)20-7-3-5-17-4-1-2-6-19(17)20/h1-7,9,15H,8,10-14H2,(H,25,28). The van der Waals surface area contributed by atoms with Gasteiger partial charge in [-0.25, -0.2) is 0 Å². The smallest absolute Gasteiger partial charge is 0.254 e. The number of nitrogens with one attached hydrogen (secondary N) is 1. The molecule has 1 aliphatic heterocycles. The van der Waals surface area contributed by atoms with E-state index < -0.39 is 0 Å². The molecule has 0 spiro atoms. The number of rotatable bonds is 5. The van der Waals surface area contributed by atoms with E-state index in [1.165, 1.54) is 11.3 Å². The summed E-state index contributed by atoms with van der Waals surface area (Å²) < 4.78 is 0. The normalized spacial score (nSPS) is 14.4. The van der Waals surface area contributed by atoms with Crippen molar-refractivity contribution in [1.29, 1.82) is 5.26 Å². The highest BCUT2D eigenvalue weighted by atomic mass is 32.1. The van der Waals surface area contributed by atoms with Gasteiger partial charge in [-0.1, -0.05) is 36.4 Å². The van der Waals surface area contributed by atoms with Crippen molar-refractivity contribution >= 4 is 38.9 Å². The van der Waals surface area contributed by atoms with Gasteiger partial charge in [-0.3, -0.25) is 14.5 Å². The molecule has 6 nitrogen and oxygen atoms in total. The predicted octanol–water partition coefficient (Wildman–Crippen LogP) is 3.56. The van der Waals surface area contributed by atoms with Crippen molar-refractivity contribution in [3.63, 3.8) is 0 Å². The quantitative estimate of drug-likeness (QED) is 0.687. The molecule has 0 bridgehead atoms. The number of piperazine rings is 1. The monoisotopic (exact) mass is 418 g/mol. The van der Waals surface area contributed by atoms with E-state index in [0.717, 1.165) is 29.4 Å². The molecule has 7 heteroatoms. The van der Waals surface area contributed by atoms with Crippen LogP contribution in [0, 0.1) is 11.3 Å². The second kappa shape index (κ2) is 9.08. The van der Waals surface area contributed by atoms with E-state index in [4.69, 9.17) is 5.26 Å². The zero-order valence-electron chi connectivity index (χ0n) is 16.5. The average Bonchev–Trinajstić information content (AvgIpc) is 3.24. The first-order valence-electron chi connectivity index (χ1n) is 9.92. The number of amides is 2. The van der Waals surface area contributed by atoms with Crippen LogP contribution in [0.5, 0.6) is 0 Å². The van der Waals surface area contributed by atoms with E-state index in [2.05, 4.69) is 16.3 Å². The molecule has 1 fully saturated rings.